The molecule has 1 atom stereocenters. The Labute approximate surface area is 200 Å². The van der Waals surface area contributed by atoms with Gasteiger partial charge in [-0.15, -0.1) is 0 Å². The second-order valence-electron chi connectivity index (χ2n) is 8.55. The lowest BCUT2D eigenvalue weighted by atomic mass is 10.1. The van der Waals surface area contributed by atoms with Crippen LogP contribution in [0.1, 0.15) is 40.0 Å². The monoisotopic (exact) mass is 457 g/mol. The molecule has 4 aromatic rings. The van der Waals surface area contributed by atoms with Gasteiger partial charge >= 0.3 is 5.97 Å². The summed E-state index contributed by atoms with van der Waals surface area (Å²) in [6, 6.07) is 23.6. The van der Waals surface area contributed by atoms with Gasteiger partial charge in [-0.2, -0.15) is 0 Å². The van der Waals surface area contributed by atoms with Gasteiger partial charge in [-0.1, -0.05) is 61.9 Å². The normalized spacial score (nSPS) is 12.1. The van der Waals surface area contributed by atoms with Crippen molar-refractivity contribution in [3.05, 3.63) is 72.8 Å². The molecule has 1 heterocycles. The quantitative estimate of drug-likeness (QED) is 0.240. The summed E-state index contributed by atoms with van der Waals surface area (Å²) in [5.74, 6) is 0.864. The van der Waals surface area contributed by atoms with E-state index in [9.17, 15) is 4.79 Å². The molecule has 0 fully saturated rings. The first-order chi connectivity index (χ1) is 16.5. The molecular formula is C28H31N3O3. The first kappa shape index (κ1) is 23.4. The smallest absolute Gasteiger partial charge is 0.347 e. The minimum atomic E-state index is -0.719. The highest BCUT2D eigenvalue weighted by Gasteiger charge is 2.25. The Kier molecular flexibility index (Phi) is 7.16. The standard InChI is InChI=1S/C28H31N3O3/c1-4-5-16-24(28(32)33-19(2)3)34-23-18-17-22-26(25(23)29)31(21-14-10-7-11-15-21)27(30-22)20-12-8-6-9-13-20/h6-15,17-19,24H,4-5,16,29H2,1-3H3. The van der Waals surface area contributed by atoms with E-state index in [0.29, 0.717) is 17.9 Å². The van der Waals surface area contributed by atoms with Crippen LogP contribution in [0.3, 0.4) is 0 Å². The highest BCUT2D eigenvalue weighted by molar-refractivity contribution is 5.95. The summed E-state index contributed by atoms with van der Waals surface area (Å²) in [7, 11) is 0. The van der Waals surface area contributed by atoms with E-state index in [-0.39, 0.29) is 12.1 Å². The zero-order valence-corrected chi connectivity index (χ0v) is 19.9. The molecule has 3 aromatic carbocycles. The third-order valence-corrected chi connectivity index (χ3v) is 5.57. The fourth-order valence-electron chi connectivity index (χ4n) is 3.96. The predicted octanol–water partition coefficient (Wildman–Crippen LogP) is 6.16. The van der Waals surface area contributed by atoms with Crippen molar-refractivity contribution in [3.8, 4) is 22.8 Å². The van der Waals surface area contributed by atoms with E-state index >= 15 is 0 Å². The molecule has 2 N–H and O–H groups in total. The van der Waals surface area contributed by atoms with Crippen molar-refractivity contribution < 1.29 is 14.3 Å². The van der Waals surface area contributed by atoms with Gasteiger partial charge in [-0.05, 0) is 51.0 Å². The molecule has 1 aromatic heterocycles. The number of ether oxygens (including phenoxy) is 2. The van der Waals surface area contributed by atoms with Crippen molar-refractivity contribution in [1.29, 1.82) is 0 Å². The number of esters is 1. The fourth-order valence-corrected chi connectivity index (χ4v) is 3.96. The lowest BCUT2D eigenvalue weighted by molar-refractivity contribution is -0.156. The molecule has 4 rings (SSSR count). The Balaban J connectivity index is 1.83. The minimum absolute atomic E-state index is 0.215. The maximum absolute atomic E-state index is 12.7. The van der Waals surface area contributed by atoms with Crippen LogP contribution in [0.15, 0.2) is 72.8 Å². The van der Waals surface area contributed by atoms with E-state index in [0.717, 1.165) is 41.0 Å². The zero-order valence-electron chi connectivity index (χ0n) is 19.9. The Morgan fingerprint density at radius 3 is 2.32 bits per heavy atom. The van der Waals surface area contributed by atoms with Gasteiger partial charge in [0.1, 0.15) is 22.8 Å². The number of aromatic nitrogens is 2. The molecule has 0 aliphatic rings. The molecule has 0 amide bonds. The second-order valence-corrected chi connectivity index (χ2v) is 8.55. The maximum Gasteiger partial charge on any atom is 0.347 e. The molecule has 0 radical (unpaired) electrons. The zero-order chi connectivity index (χ0) is 24.1. The number of carbonyl (C=O) groups excluding carboxylic acids is 1. The van der Waals surface area contributed by atoms with Crippen molar-refractivity contribution >= 4 is 22.7 Å². The molecule has 0 bridgehead atoms. The summed E-state index contributed by atoms with van der Waals surface area (Å²) in [5, 5.41) is 0. The highest BCUT2D eigenvalue weighted by atomic mass is 16.6. The van der Waals surface area contributed by atoms with Gasteiger partial charge in [-0.25, -0.2) is 9.78 Å². The molecule has 0 spiro atoms. The number of hydrogen-bond donors (Lipinski definition) is 1. The molecule has 0 saturated heterocycles. The van der Waals surface area contributed by atoms with Gasteiger partial charge in [-0.3, -0.25) is 4.57 Å². The Bertz CT molecular complexity index is 1250. The first-order valence-corrected chi connectivity index (χ1v) is 11.8. The molecule has 34 heavy (non-hydrogen) atoms. The summed E-state index contributed by atoms with van der Waals surface area (Å²) in [5.41, 5.74) is 10.5. The molecule has 0 aliphatic heterocycles. The number of unbranched alkanes of at least 4 members (excludes halogenated alkanes) is 1. The molecule has 0 saturated carbocycles. The number of nitrogen functional groups attached to an aromatic ring is 1. The number of imidazole rings is 1. The van der Waals surface area contributed by atoms with Gasteiger partial charge in [0.2, 0.25) is 0 Å². The number of hydrogen-bond acceptors (Lipinski definition) is 5. The Hall–Kier alpha value is -3.80. The molecule has 176 valence electrons. The molecule has 0 aliphatic carbocycles. The predicted molar refractivity (Wildman–Crippen MR) is 136 cm³/mol. The van der Waals surface area contributed by atoms with Crippen molar-refractivity contribution in [3.63, 3.8) is 0 Å². The Morgan fingerprint density at radius 1 is 1.00 bits per heavy atom. The lowest BCUT2D eigenvalue weighted by Crippen LogP contribution is -2.31. The van der Waals surface area contributed by atoms with E-state index in [2.05, 4.69) is 6.92 Å². The Morgan fingerprint density at radius 2 is 1.68 bits per heavy atom. The summed E-state index contributed by atoms with van der Waals surface area (Å²) in [6.07, 6.45) is 1.43. The number of para-hydroxylation sites is 1. The summed E-state index contributed by atoms with van der Waals surface area (Å²) in [6.45, 7) is 5.74. The van der Waals surface area contributed by atoms with E-state index in [1.807, 2.05) is 85.1 Å². The average Bonchev–Trinajstić information content (AvgIpc) is 3.24. The van der Waals surface area contributed by atoms with E-state index in [1.165, 1.54) is 0 Å². The van der Waals surface area contributed by atoms with Crippen LogP contribution in [0.4, 0.5) is 5.69 Å². The summed E-state index contributed by atoms with van der Waals surface area (Å²) >= 11 is 0. The van der Waals surface area contributed by atoms with Gasteiger partial charge < -0.3 is 15.2 Å². The summed E-state index contributed by atoms with van der Waals surface area (Å²) in [4.78, 5) is 17.6. The molecule has 1 unspecified atom stereocenters. The summed E-state index contributed by atoms with van der Waals surface area (Å²) < 4.78 is 13.7. The van der Waals surface area contributed by atoms with E-state index < -0.39 is 6.10 Å². The van der Waals surface area contributed by atoms with Crippen LogP contribution < -0.4 is 10.5 Å². The van der Waals surface area contributed by atoms with Crippen LogP contribution in [0.5, 0.6) is 5.75 Å². The first-order valence-electron chi connectivity index (χ1n) is 11.8. The van der Waals surface area contributed by atoms with Crippen LogP contribution >= 0.6 is 0 Å². The van der Waals surface area contributed by atoms with E-state index in [1.54, 1.807) is 6.07 Å². The van der Waals surface area contributed by atoms with Gasteiger partial charge in [0.05, 0.1) is 11.6 Å². The van der Waals surface area contributed by atoms with Gasteiger partial charge in [0.15, 0.2) is 6.10 Å². The number of benzene rings is 3. The SMILES string of the molecule is CCCCC(Oc1ccc2nc(-c3ccccc3)n(-c3ccccc3)c2c1N)C(=O)OC(C)C. The number of fused-ring (bicyclic) bond motifs is 1. The fraction of sp³-hybridized carbons (Fsp3) is 0.286. The highest BCUT2D eigenvalue weighted by Crippen LogP contribution is 2.37. The third-order valence-electron chi connectivity index (χ3n) is 5.57. The minimum Gasteiger partial charge on any atom is -0.476 e. The lowest BCUT2D eigenvalue weighted by Gasteiger charge is -2.20. The molecular weight excluding hydrogens is 426 g/mol. The van der Waals surface area contributed by atoms with Crippen LogP contribution in [0.2, 0.25) is 0 Å². The second kappa shape index (κ2) is 10.4. The number of nitrogens with two attached hydrogens (primary N) is 1. The van der Waals surface area contributed by atoms with Crippen LogP contribution in [-0.4, -0.2) is 27.7 Å². The molecule has 6 nitrogen and oxygen atoms in total. The topological polar surface area (TPSA) is 79.4 Å². The molecule has 6 heteroatoms. The number of rotatable bonds is 9. The van der Waals surface area contributed by atoms with Crippen molar-refractivity contribution in [2.45, 2.75) is 52.2 Å². The largest absolute Gasteiger partial charge is 0.476 e. The number of carbonyl (C=O) groups is 1. The van der Waals surface area contributed by atoms with Crippen molar-refractivity contribution in [1.82, 2.24) is 9.55 Å². The van der Waals surface area contributed by atoms with Gasteiger partial charge in [0.25, 0.3) is 0 Å². The average molecular weight is 458 g/mol. The number of anilines is 1. The van der Waals surface area contributed by atoms with Crippen molar-refractivity contribution in [2.75, 3.05) is 5.73 Å². The third kappa shape index (κ3) is 4.91. The van der Waals surface area contributed by atoms with Crippen LogP contribution in [-0.2, 0) is 9.53 Å². The van der Waals surface area contributed by atoms with Crippen LogP contribution in [0.25, 0.3) is 28.1 Å². The van der Waals surface area contributed by atoms with Crippen LogP contribution in [0, 0.1) is 0 Å². The van der Waals surface area contributed by atoms with Gasteiger partial charge in [0, 0.05) is 11.3 Å². The number of nitrogens with zero attached hydrogens (tertiary/aromatic N) is 2. The van der Waals surface area contributed by atoms with Crippen molar-refractivity contribution in [2.24, 2.45) is 0 Å². The van der Waals surface area contributed by atoms with E-state index in [4.69, 9.17) is 20.2 Å². The maximum atomic E-state index is 12.7.